The summed E-state index contributed by atoms with van der Waals surface area (Å²) < 4.78 is 56.2. The molecule has 0 unspecified atom stereocenters. The van der Waals surface area contributed by atoms with Gasteiger partial charge in [-0.3, -0.25) is 14.5 Å². The molecule has 156 valence electrons. The number of rotatable bonds is 5. The van der Waals surface area contributed by atoms with Crippen LogP contribution in [0, 0.1) is 11.6 Å². The molecule has 8 heteroatoms. The normalized spacial score (nSPS) is 11.9. The third kappa shape index (κ3) is 4.38. The van der Waals surface area contributed by atoms with Crippen molar-refractivity contribution in [3.8, 4) is 0 Å². The maximum Gasteiger partial charge on any atom is 0.261 e. The van der Waals surface area contributed by atoms with Crippen molar-refractivity contribution in [3.05, 3.63) is 89.2 Å². The summed E-state index contributed by atoms with van der Waals surface area (Å²) in [4.78, 5) is 16.5. The Morgan fingerprint density at radius 2 is 1.67 bits per heavy atom. The number of aromatic nitrogens is 1. The first-order valence-electron chi connectivity index (χ1n) is 9.07. The lowest BCUT2D eigenvalue weighted by Gasteiger charge is -2.19. The fraction of sp³-hybridized carbons (Fsp3) is 0.182. The Kier molecular flexibility index (Phi) is 5.72. The number of sulfonamides is 1. The second-order valence-corrected chi connectivity index (χ2v) is 9.42. The van der Waals surface area contributed by atoms with Crippen molar-refractivity contribution in [3.63, 3.8) is 0 Å². The average molecular weight is 430 g/mol. The van der Waals surface area contributed by atoms with Gasteiger partial charge in [-0.25, -0.2) is 17.2 Å². The van der Waals surface area contributed by atoms with E-state index < -0.39 is 33.0 Å². The van der Waals surface area contributed by atoms with E-state index in [1.807, 2.05) is 20.8 Å². The zero-order chi connectivity index (χ0) is 22.1. The number of hydrogen-bond donors (Lipinski definition) is 1. The predicted octanol–water partition coefficient (Wildman–Crippen LogP) is 4.69. The number of benzene rings is 2. The van der Waals surface area contributed by atoms with Crippen molar-refractivity contribution in [2.24, 2.45) is 0 Å². The zero-order valence-electron chi connectivity index (χ0n) is 16.6. The molecule has 0 saturated carbocycles. The standard InChI is InChI=1S/C22H20F2N2O3S/c1-22(2,3)15-6-8-16(9-7-15)30(28,29)26-18-11-10-17(23)20(24)19(18)21(27)14-5-4-12-25-13-14/h4-13,26H,1-3H3. The number of ketones is 1. The van der Waals surface area contributed by atoms with E-state index in [1.165, 1.54) is 36.7 Å². The van der Waals surface area contributed by atoms with Crippen molar-refractivity contribution in [1.82, 2.24) is 4.98 Å². The van der Waals surface area contributed by atoms with E-state index in [9.17, 15) is 22.0 Å². The van der Waals surface area contributed by atoms with Crippen LogP contribution in [0.4, 0.5) is 14.5 Å². The van der Waals surface area contributed by atoms with Crippen LogP contribution in [0.15, 0.2) is 65.8 Å². The molecule has 0 aliphatic carbocycles. The van der Waals surface area contributed by atoms with Crippen LogP contribution >= 0.6 is 0 Å². The van der Waals surface area contributed by atoms with Gasteiger partial charge in [0.05, 0.1) is 16.1 Å². The molecule has 0 spiro atoms. The first-order valence-corrected chi connectivity index (χ1v) is 10.5. The van der Waals surface area contributed by atoms with E-state index >= 15 is 0 Å². The van der Waals surface area contributed by atoms with Crippen LogP contribution in [0.25, 0.3) is 0 Å². The lowest BCUT2D eigenvalue weighted by atomic mass is 9.87. The first kappa shape index (κ1) is 21.6. The van der Waals surface area contributed by atoms with Gasteiger partial charge in [0, 0.05) is 18.0 Å². The van der Waals surface area contributed by atoms with Gasteiger partial charge in [0.2, 0.25) is 0 Å². The van der Waals surface area contributed by atoms with Gasteiger partial charge in [-0.05, 0) is 47.4 Å². The number of nitrogens with one attached hydrogen (secondary N) is 1. The number of halogens is 2. The van der Waals surface area contributed by atoms with Crippen molar-refractivity contribution in [2.75, 3.05) is 4.72 Å². The maximum atomic E-state index is 14.5. The van der Waals surface area contributed by atoms with E-state index in [1.54, 1.807) is 12.1 Å². The van der Waals surface area contributed by atoms with Crippen molar-refractivity contribution >= 4 is 21.5 Å². The van der Waals surface area contributed by atoms with E-state index in [0.29, 0.717) is 0 Å². The second-order valence-electron chi connectivity index (χ2n) is 7.73. The largest absolute Gasteiger partial charge is 0.288 e. The van der Waals surface area contributed by atoms with Gasteiger partial charge in [-0.1, -0.05) is 32.9 Å². The molecule has 0 radical (unpaired) electrons. The Hall–Kier alpha value is -3.13. The molecule has 1 N–H and O–H groups in total. The highest BCUT2D eigenvalue weighted by Gasteiger charge is 2.25. The highest BCUT2D eigenvalue weighted by Crippen LogP contribution is 2.28. The molecule has 0 aliphatic heterocycles. The van der Waals surface area contributed by atoms with Gasteiger partial charge < -0.3 is 0 Å². The molecule has 0 bridgehead atoms. The van der Waals surface area contributed by atoms with E-state index in [2.05, 4.69) is 9.71 Å². The number of carbonyl (C=O) groups is 1. The van der Waals surface area contributed by atoms with Crippen molar-refractivity contribution < 1.29 is 22.0 Å². The summed E-state index contributed by atoms with van der Waals surface area (Å²) >= 11 is 0. The number of anilines is 1. The highest BCUT2D eigenvalue weighted by molar-refractivity contribution is 7.92. The zero-order valence-corrected chi connectivity index (χ0v) is 17.4. The summed E-state index contributed by atoms with van der Waals surface area (Å²) in [5, 5.41) is 0. The van der Waals surface area contributed by atoms with E-state index in [4.69, 9.17) is 0 Å². The quantitative estimate of drug-likeness (QED) is 0.596. The average Bonchev–Trinajstić information content (AvgIpc) is 2.70. The van der Waals surface area contributed by atoms with E-state index in [-0.39, 0.29) is 21.6 Å². The Balaban J connectivity index is 2.02. The van der Waals surface area contributed by atoms with Gasteiger partial charge in [-0.2, -0.15) is 0 Å². The number of hydrogen-bond acceptors (Lipinski definition) is 4. The predicted molar refractivity (Wildman–Crippen MR) is 110 cm³/mol. The highest BCUT2D eigenvalue weighted by atomic mass is 32.2. The van der Waals surface area contributed by atoms with Gasteiger partial charge in [0.1, 0.15) is 0 Å². The molecule has 3 aromatic rings. The topological polar surface area (TPSA) is 76.1 Å². The molecule has 30 heavy (non-hydrogen) atoms. The molecule has 0 aliphatic rings. The molecule has 1 aromatic heterocycles. The molecule has 5 nitrogen and oxygen atoms in total. The molecule has 0 atom stereocenters. The molecule has 0 amide bonds. The summed E-state index contributed by atoms with van der Waals surface area (Å²) in [7, 11) is -4.15. The molecular weight excluding hydrogens is 410 g/mol. The summed E-state index contributed by atoms with van der Waals surface area (Å²) in [5.41, 5.74) is -0.307. The molecule has 3 rings (SSSR count). The minimum Gasteiger partial charge on any atom is -0.288 e. The fourth-order valence-corrected chi connectivity index (χ4v) is 3.91. The first-order chi connectivity index (χ1) is 14.0. The smallest absolute Gasteiger partial charge is 0.261 e. The molecule has 0 saturated heterocycles. The van der Waals surface area contributed by atoms with Crippen LogP contribution in [-0.4, -0.2) is 19.2 Å². The third-order valence-electron chi connectivity index (χ3n) is 4.52. The Bertz CT molecular complexity index is 1190. The summed E-state index contributed by atoms with van der Waals surface area (Å²) in [5.74, 6) is -3.59. The Labute approximate surface area is 173 Å². The fourth-order valence-electron chi connectivity index (χ4n) is 2.84. The summed E-state index contributed by atoms with van der Waals surface area (Å²) in [6.45, 7) is 5.98. The summed E-state index contributed by atoms with van der Waals surface area (Å²) in [6, 6.07) is 10.8. The molecule has 2 aromatic carbocycles. The van der Waals surface area contributed by atoms with Gasteiger partial charge in [-0.15, -0.1) is 0 Å². The monoisotopic (exact) mass is 430 g/mol. The van der Waals surface area contributed by atoms with Gasteiger partial charge in [0.15, 0.2) is 17.4 Å². The van der Waals surface area contributed by atoms with Gasteiger partial charge >= 0.3 is 0 Å². The Morgan fingerprint density at radius 1 is 1.00 bits per heavy atom. The molecular formula is C22H20F2N2O3S. The van der Waals surface area contributed by atoms with Crippen LogP contribution in [0.3, 0.4) is 0 Å². The van der Waals surface area contributed by atoms with E-state index in [0.717, 1.165) is 17.7 Å². The minimum absolute atomic E-state index is 0.00280. The molecule has 0 fully saturated rings. The number of pyridine rings is 1. The SMILES string of the molecule is CC(C)(C)c1ccc(S(=O)(=O)Nc2ccc(F)c(F)c2C(=O)c2cccnc2)cc1. The number of nitrogens with zero attached hydrogens (tertiary/aromatic N) is 1. The number of carbonyl (C=O) groups excluding carboxylic acids is 1. The third-order valence-corrected chi connectivity index (χ3v) is 5.90. The lowest BCUT2D eigenvalue weighted by Crippen LogP contribution is -2.18. The van der Waals surface area contributed by atoms with Crippen LogP contribution < -0.4 is 4.72 Å². The second kappa shape index (κ2) is 7.95. The minimum atomic E-state index is -4.15. The van der Waals surface area contributed by atoms with Crippen LogP contribution in [0.2, 0.25) is 0 Å². The molecule has 1 heterocycles. The van der Waals surface area contributed by atoms with Crippen molar-refractivity contribution in [2.45, 2.75) is 31.1 Å². The maximum absolute atomic E-state index is 14.5. The summed E-state index contributed by atoms with van der Waals surface area (Å²) in [6.07, 6.45) is 2.61. The Morgan fingerprint density at radius 3 is 2.23 bits per heavy atom. The van der Waals surface area contributed by atoms with Gasteiger partial charge in [0.25, 0.3) is 10.0 Å². The van der Waals surface area contributed by atoms with Crippen LogP contribution in [-0.2, 0) is 15.4 Å². The van der Waals surface area contributed by atoms with Crippen molar-refractivity contribution in [1.29, 1.82) is 0 Å². The van der Waals surface area contributed by atoms with Crippen LogP contribution in [0.5, 0.6) is 0 Å². The van der Waals surface area contributed by atoms with Crippen LogP contribution in [0.1, 0.15) is 42.3 Å². The lowest BCUT2D eigenvalue weighted by molar-refractivity contribution is 0.103.